The quantitative estimate of drug-likeness (QED) is 0.392. The highest BCUT2D eigenvalue weighted by Gasteiger charge is 2.20. The number of nitrogens with zero attached hydrogens (tertiary/aromatic N) is 2. The van der Waals surface area contributed by atoms with Crippen molar-refractivity contribution in [1.29, 1.82) is 0 Å². The van der Waals surface area contributed by atoms with Crippen LogP contribution in [0.5, 0.6) is 0 Å². The number of aromatic carboxylic acids is 1. The summed E-state index contributed by atoms with van der Waals surface area (Å²) in [7, 11) is 0. The van der Waals surface area contributed by atoms with Crippen LogP contribution in [0.3, 0.4) is 0 Å². The number of carboxylic acid groups (broad SMARTS) is 1. The first-order valence-electron chi connectivity index (χ1n) is 10.2. The summed E-state index contributed by atoms with van der Waals surface area (Å²) >= 11 is 0. The summed E-state index contributed by atoms with van der Waals surface area (Å²) in [6.45, 7) is 3.43. The number of nitrogens with one attached hydrogen (secondary N) is 1. The molecule has 0 aliphatic rings. The SMILES string of the molecule is Cc1onc(-c2ccc(-c3cccc(C(=O)O)c3)cc2)c1NC(=O)OC(C)c1ccccn1. The van der Waals surface area contributed by atoms with Gasteiger partial charge in [0, 0.05) is 11.8 Å². The summed E-state index contributed by atoms with van der Waals surface area (Å²) in [5, 5.41) is 16.0. The molecule has 0 saturated heterocycles. The van der Waals surface area contributed by atoms with Gasteiger partial charge in [0.05, 0.1) is 11.3 Å². The molecule has 33 heavy (non-hydrogen) atoms. The van der Waals surface area contributed by atoms with Crippen LogP contribution in [0.25, 0.3) is 22.4 Å². The molecule has 2 heterocycles. The topological polar surface area (TPSA) is 115 Å². The largest absolute Gasteiger partial charge is 0.478 e. The van der Waals surface area contributed by atoms with E-state index in [0.717, 1.165) is 16.7 Å². The first kappa shape index (κ1) is 21.8. The summed E-state index contributed by atoms with van der Waals surface area (Å²) in [5.74, 6) is -0.544. The molecule has 2 aromatic heterocycles. The van der Waals surface area contributed by atoms with Crippen molar-refractivity contribution in [1.82, 2.24) is 10.1 Å². The average Bonchev–Trinajstić information content (AvgIpc) is 3.19. The third kappa shape index (κ3) is 4.90. The standard InChI is InChI=1S/C25H21N3O5/c1-15(21-8-3-4-13-26-21)32-25(31)27-22-16(2)33-28-23(22)18-11-9-17(10-12-18)19-6-5-7-20(14-19)24(29)30/h3-15H,1-2H3,(H,27,31)(H,29,30). The molecular weight excluding hydrogens is 422 g/mol. The first-order valence-corrected chi connectivity index (χ1v) is 10.2. The molecule has 1 amide bonds. The second-order valence-electron chi connectivity index (χ2n) is 7.35. The van der Waals surface area contributed by atoms with Crippen LogP contribution in [0.2, 0.25) is 0 Å². The number of ether oxygens (including phenoxy) is 1. The summed E-state index contributed by atoms with van der Waals surface area (Å²) in [6, 6.07) is 19.5. The van der Waals surface area contributed by atoms with E-state index in [9.17, 15) is 14.7 Å². The predicted molar refractivity (Wildman–Crippen MR) is 122 cm³/mol. The molecule has 0 saturated carbocycles. The summed E-state index contributed by atoms with van der Waals surface area (Å²) < 4.78 is 10.7. The third-order valence-corrected chi connectivity index (χ3v) is 5.08. The Morgan fingerprint density at radius 3 is 2.45 bits per heavy atom. The van der Waals surface area contributed by atoms with Crippen molar-refractivity contribution in [3.63, 3.8) is 0 Å². The minimum atomic E-state index is -0.980. The molecule has 0 aliphatic carbocycles. The van der Waals surface area contributed by atoms with Gasteiger partial charge in [-0.15, -0.1) is 0 Å². The lowest BCUT2D eigenvalue weighted by Gasteiger charge is -2.13. The number of carbonyl (C=O) groups is 2. The summed E-state index contributed by atoms with van der Waals surface area (Å²) in [4.78, 5) is 27.9. The van der Waals surface area contributed by atoms with Crippen molar-refractivity contribution in [2.24, 2.45) is 0 Å². The van der Waals surface area contributed by atoms with E-state index in [1.54, 1.807) is 50.4 Å². The zero-order valence-electron chi connectivity index (χ0n) is 18.0. The molecule has 1 unspecified atom stereocenters. The molecule has 1 atom stereocenters. The van der Waals surface area contributed by atoms with Crippen LogP contribution in [-0.4, -0.2) is 27.3 Å². The molecule has 2 N–H and O–H groups in total. The smallest absolute Gasteiger partial charge is 0.412 e. The van der Waals surface area contributed by atoms with Crippen LogP contribution in [0, 0.1) is 6.92 Å². The molecule has 0 radical (unpaired) electrons. The van der Waals surface area contributed by atoms with Gasteiger partial charge in [-0.3, -0.25) is 10.3 Å². The number of carbonyl (C=O) groups excluding carboxylic acids is 1. The molecule has 0 fully saturated rings. The van der Waals surface area contributed by atoms with Gasteiger partial charge in [0.2, 0.25) is 0 Å². The van der Waals surface area contributed by atoms with Gasteiger partial charge in [0.1, 0.15) is 17.5 Å². The van der Waals surface area contributed by atoms with E-state index in [2.05, 4.69) is 15.5 Å². The normalized spacial score (nSPS) is 11.6. The molecule has 8 nitrogen and oxygen atoms in total. The first-order chi connectivity index (χ1) is 15.9. The fourth-order valence-corrected chi connectivity index (χ4v) is 3.34. The molecular formula is C25H21N3O5. The van der Waals surface area contributed by atoms with Crippen LogP contribution in [0.4, 0.5) is 10.5 Å². The van der Waals surface area contributed by atoms with Gasteiger partial charge in [0.25, 0.3) is 0 Å². The average molecular weight is 443 g/mol. The van der Waals surface area contributed by atoms with Gasteiger partial charge >= 0.3 is 12.1 Å². The Bertz CT molecular complexity index is 1280. The number of amides is 1. The maximum absolute atomic E-state index is 12.5. The predicted octanol–water partition coefficient (Wildman–Crippen LogP) is 5.72. The van der Waals surface area contributed by atoms with Crippen molar-refractivity contribution < 1.29 is 24.0 Å². The van der Waals surface area contributed by atoms with Crippen LogP contribution in [-0.2, 0) is 4.74 Å². The van der Waals surface area contributed by atoms with Gasteiger partial charge in [0.15, 0.2) is 5.76 Å². The van der Waals surface area contributed by atoms with Gasteiger partial charge in [-0.05, 0) is 49.2 Å². The Morgan fingerprint density at radius 2 is 1.76 bits per heavy atom. The zero-order chi connectivity index (χ0) is 23.4. The van der Waals surface area contributed by atoms with Crippen molar-refractivity contribution >= 4 is 17.7 Å². The Kier molecular flexibility index (Phi) is 6.17. The Morgan fingerprint density at radius 1 is 1.00 bits per heavy atom. The summed E-state index contributed by atoms with van der Waals surface area (Å²) in [5.41, 5.74) is 4.07. The Hall–Kier alpha value is -4.46. The van der Waals surface area contributed by atoms with E-state index in [1.807, 2.05) is 36.4 Å². The van der Waals surface area contributed by atoms with Crippen LogP contribution < -0.4 is 5.32 Å². The molecule has 2 aromatic carbocycles. The van der Waals surface area contributed by atoms with Crippen LogP contribution in [0.15, 0.2) is 77.4 Å². The van der Waals surface area contributed by atoms with Crippen molar-refractivity contribution in [3.8, 4) is 22.4 Å². The third-order valence-electron chi connectivity index (χ3n) is 5.08. The molecule has 0 aliphatic heterocycles. The molecule has 4 rings (SSSR count). The minimum Gasteiger partial charge on any atom is -0.478 e. The number of aromatic nitrogens is 2. The number of benzene rings is 2. The maximum atomic E-state index is 12.5. The van der Waals surface area contributed by atoms with Crippen LogP contribution in [0.1, 0.15) is 34.8 Å². The Labute approximate surface area is 189 Å². The second-order valence-corrected chi connectivity index (χ2v) is 7.35. The number of rotatable bonds is 6. The fraction of sp³-hybridized carbons (Fsp3) is 0.120. The van der Waals surface area contributed by atoms with E-state index in [4.69, 9.17) is 9.26 Å². The molecule has 0 spiro atoms. The van der Waals surface area contributed by atoms with Crippen molar-refractivity contribution in [2.75, 3.05) is 5.32 Å². The highest BCUT2D eigenvalue weighted by Crippen LogP contribution is 2.32. The number of hydrogen-bond donors (Lipinski definition) is 2. The van der Waals surface area contributed by atoms with Gasteiger partial charge in [-0.25, -0.2) is 9.59 Å². The second kappa shape index (κ2) is 9.35. The fourth-order valence-electron chi connectivity index (χ4n) is 3.34. The van der Waals surface area contributed by atoms with E-state index in [0.29, 0.717) is 22.8 Å². The molecule has 166 valence electrons. The molecule has 8 heteroatoms. The van der Waals surface area contributed by atoms with E-state index >= 15 is 0 Å². The van der Waals surface area contributed by atoms with E-state index in [1.165, 1.54) is 0 Å². The highest BCUT2D eigenvalue weighted by atomic mass is 16.6. The van der Waals surface area contributed by atoms with Crippen molar-refractivity contribution in [2.45, 2.75) is 20.0 Å². The van der Waals surface area contributed by atoms with Crippen molar-refractivity contribution in [3.05, 3.63) is 89.9 Å². The number of hydrogen-bond acceptors (Lipinski definition) is 6. The number of anilines is 1. The molecule has 4 aromatic rings. The minimum absolute atomic E-state index is 0.216. The number of carboxylic acids is 1. The van der Waals surface area contributed by atoms with E-state index in [-0.39, 0.29) is 5.56 Å². The lowest BCUT2D eigenvalue weighted by Crippen LogP contribution is -2.17. The Balaban J connectivity index is 1.52. The highest BCUT2D eigenvalue weighted by molar-refractivity contribution is 5.92. The number of pyridine rings is 1. The van der Waals surface area contributed by atoms with E-state index < -0.39 is 18.2 Å². The maximum Gasteiger partial charge on any atom is 0.412 e. The summed E-state index contributed by atoms with van der Waals surface area (Å²) in [6.07, 6.45) is 0.454. The monoisotopic (exact) mass is 443 g/mol. The van der Waals surface area contributed by atoms with Crippen LogP contribution >= 0.6 is 0 Å². The van der Waals surface area contributed by atoms with Gasteiger partial charge < -0.3 is 14.4 Å². The lowest BCUT2D eigenvalue weighted by molar-refractivity contribution is 0.0696. The number of aryl methyl sites for hydroxylation is 1. The molecule has 0 bridgehead atoms. The lowest BCUT2D eigenvalue weighted by atomic mass is 10.0. The zero-order valence-corrected chi connectivity index (χ0v) is 18.0. The van der Waals surface area contributed by atoms with Gasteiger partial charge in [-0.1, -0.05) is 47.6 Å². The van der Waals surface area contributed by atoms with Gasteiger partial charge in [-0.2, -0.15) is 0 Å².